The van der Waals surface area contributed by atoms with E-state index in [2.05, 4.69) is 15.2 Å². The summed E-state index contributed by atoms with van der Waals surface area (Å²) in [6.07, 6.45) is 5.26. The van der Waals surface area contributed by atoms with Crippen LogP contribution in [0.2, 0.25) is 5.02 Å². The highest BCUT2D eigenvalue weighted by Crippen LogP contribution is 2.16. The van der Waals surface area contributed by atoms with Crippen LogP contribution in [0, 0.1) is 0 Å². The number of nitrogens with two attached hydrogens (primary N) is 1. The number of nitrogens with zero attached hydrogens (tertiary/aromatic N) is 2. The highest BCUT2D eigenvalue weighted by atomic mass is 35.5. The number of nitrogen functional groups attached to an aromatic ring is 1. The van der Waals surface area contributed by atoms with E-state index in [0.29, 0.717) is 10.6 Å². The summed E-state index contributed by atoms with van der Waals surface area (Å²) >= 11 is 5.87. The number of rotatable bonds is 4. The van der Waals surface area contributed by atoms with E-state index < -0.39 is 0 Å². The highest BCUT2D eigenvalue weighted by Gasteiger charge is 2.16. The third-order valence-electron chi connectivity index (χ3n) is 3.49. The first-order valence-electron chi connectivity index (χ1n) is 7.00. The second kappa shape index (κ2) is 6.90. The van der Waals surface area contributed by atoms with Crippen LogP contribution in [0.1, 0.15) is 36.5 Å². The van der Waals surface area contributed by atoms with Gasteiger partial charge in [-0.3, -0.25) is 4.79 Å². The quantitative estimate of drug-likeness (QED) is 0.890. The summed E-state index contributed by atoms with van der Waals surface area (Å²) in [7, 11) is 0. The molecule has 3 N–H and O–H groups in total. The number of aromatic nitrogens is 1. The van der Waals surface area contributed by atoms with E-state index in [-0.39, 0.29) is 17.8 Å². The van der Waals surface area contributed by atoms with Gasteiger partial charge in [0.05, 0.1) is 10.6 Å². The van der Waals surface area contributed by atoms with Crippen molar-refractivity contribution in [1.82, 2.24) is 15.2 Å². The Balaban J connectivity index is 1.87. The highest BCUT2D eigenvalue weighted by molar-refractivity contribution is 6.33. The van der Waals surface area contributed by atoms with Crippen LogP contribution in [0.4, 0.5) is 5.82 Å². The molecular formula is C14H21ClN4O. The molecule has 0 aromatic carbocycles. The molecule has 2 heterocycles. The van der Waals surface area contributed by atoms with Crippen molar-refractivity contribution in [3.63, 3.8) is 0 Å². The molecule has 1 unspecified atom stereocenters. The molecule has 1 aliphatic rings. The molecule has 0 bridgehead atoms. The average Bonchev–Trinajstić information content (AvgIpc) is 2.42. The number of nitrogens with one attached hydrogen (secondary N) is 1. The molecule has 1 fully saturated rings. The van der Waals surface area contributed by atoms with Crippen molar-refractivity contribution in [3.05, 3.63) is 22.8 Å². The molecule has 0 aliphatic carbocycles. The van der Waals surface area contributed by atoms with E-state index in [0.717, 1.165) is 19.6 Å². The predicted molar refractivity (Wildman–Crippen MR) is 80.9 cm³/mol. The van der Waals surface area contributed by atoms with E-state index in [1.807, 2.05) is 6.92 Å². The first-order valence-corrected chi connectivity index (χ1v) is 7.38. The first kappa shape index (κ1) is 15.1. The van der Waals surface area contributed by atoms with Gasteiger partial charge in [-0.2, -0.15) is 0 Å². The predicted octanol–water partition coefficient (Wildman–Crippen LogP) is 1.92. The van der Waals surface area contributed by atoms with Crippen molar-refractivity contribution in [2.75, 3.05) is 25.4 Å². The minimum atomic E-state index is -0.163. The van der Waals surface area contributed by atoms with E-state index >= 15 is 0 Å². The standard InChI is InChI=1S/C14H21ClN4O/c1-10(9-19-5-3-2-4-6-19)18-14(20)11-7-12(15)13(16)17-8-11/h7-8,10H,2-6,9H2,1H3,(H2,16,17)(H,18,20). The van der Waals surface area contributed by atoms with Crippen molar-refractivity contribution in [2.24, 2.45) is 0 Å². The zero-order valence-corrected chi connectivity index (χ0v) is 12.5. The molecule has 1 amide bonds. The molecule has 1 saturated heterocycles. The van der Waals surface area contributed by atoms with Gasteiger partial charge in [-0.25, -0.2) is 4.98 Å². The van der Waals surface area contributed by atoms with Gasteiger partial charge in [-0.1, -0.05) is 18.0 Å². The van der Waals surface area contributed by atoms with Crippen molar-refractivity contribution in [2.45, 2.75) is 32.2 Å². The molecule has 1 aromatic heterocycles. The van der Waals surface area contributed by atoms with Gasteiger partial charge in [0.25, 0.3) is 5.91 Å². The van der Waals surface area contributed by atoms with Gasteiger partial charge in [0.15, 0.2) is 0 Å². The van der Waals surface area contributed by atoms with Gasteiger partial charge < -0.3 is 16.0 Å². The molecule has 0 spiro atoms. The number of carbonyl (C=O) groups excluding carboxylic acids is 1. The van der Waals surface area contributed by atoms with Crippen LogP contribution >= 0.6 is 11.6 Å². The van der Waals surface area contributed by atoms with E-state index in [4.69, 9.17) is 17.3 Å². The first-order chi connectivity index (χ1) is 9.56. The smallest absolute Gasteiger partial charge is 0.253 e. The average molecular weight is 297 g/mol. The number of anilines is 1. The lowest BCUT2D eigenvalue weighted by Gasteiger charge is -2.29. The Kier molecular flexibility index (Phi) is 5.20. The van der Waals surface area contributed by atoms with Gasteiger partial charge >= 0.3 is 0 Å². The number of carbonyl (C=O) groups is 1. The molecule has 20 heavy (non-hydrogen) atoms. The van der Waals surface area contributed by atoms with Gasteiger partial charge in [0, 0.05) is 18.8 Å². The molecule has 6 heteroatoms. The monoisotopic (exact) mass is 296 g/mol. The summed E-state index contributed by atoms with van der Waals surface area (Å²) in [5.41, 5.74) is 5.97. The van der Waals surface area contributed by atoms with Gasteiger partial charge in [0.2, 0.25) is 0 Å². The summed E-state index contributed by atoms with van der Waals surface area (Å²) in [5.74, 6) is 0.0773. The van der Waals surface area contributed by atoms with Crippen LogP contribution < -0.4 is 11.1 Å². The number of pyridine rings is 1. The molecule has 1 aliphatic heterocycles. The SMILES string of the molecule is CC(CN1CCCCC1)NC(=O)c1cnc(N)c(Cl)c1. The largest absolute Gasteiger partial charge is 0.382 e. The number of amides is 1. The third kappa shape index (κ3) is 4.08. The molecule has 0 saturated carbocycles. The summed E-state index contributed by atoms with van der Waals surface area (Å²) in [4.78, 5) is 18.4. The lowest BCUT2D eigenvalue weighted by Crippen LogP contribution is -2.43. The summed E-state index contributed by atoms with van der Waals surface area (Å²) in [6.45, 7) is 5.13. The maximum atomic E-state index is 12.1. The molecule has 5 nitrogen and oxygen atoms in total. The van der Waals surface area contributed by atoms with Crippen molar-refractivity contribution >= 4 is 23.3 Å². The van der Waals surface area contributed by atoms with Crippen molar-refractivity contribution in [3.8, 4) is 0 Å². The maximum absolute atomic E-state index is 12.1. The van der Waals surface area contributed by atoms with Crippen LogP contribution in [0.5, 0.6) is 0 Å². The minimum absolute atomic E-state index is 0.0944. The second-order valence-electron chi connectivity index (χ2n) is 5.33. The molecule has 1 aromatic rings. The van der Waals surface area contributed by atoms with E-state index in [9.17, 15) is 4.79 Å². The Bertz CT molecular complexity index is 474. The Hall–Kier alpha value is -1.33. The topological polar surface area (TPSA) is 71.2 Å². The minimum Gasteiger partial charge on any atom is -0.382 e. The van der Waals surface area contributed by atoms with Crippen LogP contribution in [0.3, 0.4) is 0 Å². The fourth-order valence-corrected chi connectivity index (χ4v) is 2.62. The lowest BCUT2D eigenvalue weighted by molar-refractivity contribution is 0.0925. The lowest BCUT2D eigenvalue weighted by atomic mass is 10.1. The van der Waals surface area contributed by atoms with Crippen molar-refractivity contribution < 1.29 is 4.79 Å². The molecule has 1 atom stereocenters. The van der Waals surface area contributed by atoms with Gasteiger partial charge in [0.1, 0.15) is 5.82 Å². The Labute approximate surface area is 124 Å². The Morgan fingerprint density at radius 2 is 2.20 bits per heavy atom. The summed E-state index contributed by atoms with van der Waals surface area (Å²) in [5, 5.41) is 3.28. The van der Waals surface area contributed by atoms with E-state index in [1.54, 1.807) is 6.07 Å². The Morgan fingerprint density at radius 3 is 2.85 bits per heavy atom. The number of piperidine rings is 1. The van der Waals surface area contributed by atoms with Crippen molar-refractivity contribution in [1.29, 1.82) is 0 Å². The molecule has 110 valence electrons. The van der Waals surface area contributed by atoms with Gasteiger partial charge in [-0.15, -0.1) is 0 Å². The Morgan fingerprint density at radius 1 is 1.50 bits per heavy atom. The zero-order valence-electron chi connectivity index (χ0n) is 11.7. The number of hydrogen-bond donors (Lipinski definition) is 2. The van der Waals surface area contributed by atoms with Crippen LogP contribution in [-0.2, 0) is 0 Å². The summed E-state index contributed by atoms with van der Waals surface area (Å²) < 4.78 is 0. The van der Waals surface area contributed by atoms with Crippen LogP contribution in [0.15, 0.2) is 12.3 Å². The molecular weight excluding hydrogens is 276 g/mol. The van der Waals surface area contributed by atoms with Crippen LogP contribution in [0.25, 0.3) is 0 Å². The van der Waals surface area contributed by atoms with Crippen LogP contribution in [-0.4, -0.2) is 41.5 Å². The summed E-state index contributed by atoms with van der Waals surface area (Å²) in [6, 6.07) is 1.64. The maximum Gasteiger partial charge on any atom is 0.253 e. The van der Waals surface area contributed by atoms with Gasteiger partial charge in [-0.05, 0) is 38.9 Å². The number of hydrogen-bond acceptors (Lipinski definition) is 4. The normalized spacial score (nSPS) is 17.7. The molecule has 0 radical (unpaired) electrons. The number of halogens is 1. The fraction of sp³-hybridized carbons (Fsp3) is 0.571. The van der Waals surface area contributed by atoms with E-state index in [1.165, 1.54) is 25.5 Å². The third-order valence-corrected chi connectivity index (χ3v) is 3.79. The number of likely N-dealkylation sites (tertiary alicyclic amines) is 1. The molecule has 2 rings (SSSR count). The fourth-order valence-electron chi connectivity index (χ4n) is 2.45. The second-order valence-corrected chi connectivity index (χ2v) is 5.73. The zero-order chi connectivity index (χ0) is 14.5.